The molecule has 1 rings (SSSR count). The molecule has 1 heterocycles. The highest BCUT2D eigenvalue weighted by Gasteiger charge is 2.09. The van der Waals surface area contributed by atoms with E-state index in [1.54, 1.807) is 0 Å². The van der Waals surface area contributed by atoms with Gasteiger partial charge in [-0.3, -0.25) is 4.79 Å². The van der Waals surface area contributed by atoms with Gasteiger partial charge in [-0.15, -0.1) is 0 Å². The number of carbonyl (C=O) groups is 1. The van der Waals surface area contributed by atoms with Crippen molar-refractivity contribution in [3.05, 3.63) is 23.0 Å². The van der Waals surface area contributed by atoms with E-state index in [-0.39, 0.29) is 11.9 Å². The zero-order valence-corrected chi connectivity index (χ0v) is 12.8. The maximum atomic E-state index is 11.6. The molecule has 1 aromatic heterocycles. The van der Waals surface area contributed by atoms with Gasteiger partial charge in [0, 0.05) is 38.3 Å². The lowest BCUT2D eigenvalue weighted by atomic mass is 10.2. The van der Waals surface area contributed by atoms with Crippen LogP contribution in [0.5, 0.6) is 0 Å². The first-order chi connectivity index (χ1) is 9.49. The van der Waals surface area contributed by atoms with Gasteiger partial charge in [-0.05, 0) is 31.9 Å². The molecule has 20 heavy (non-hydrogen) atoms. The van der Waals surface area contributed by atoms with Gasteiger partial charge in [0.1, 0.15) is 11.8 Å². The van der Waals surface area contributed by atoms with Gasteiger partial charge >= 0.3 is 0 Å². The number of nitrogens with zero attached hydrogens (tertiary/aromatic N) is 2. The van der Waals surface area contributed by atoms with E-state index < -0.39 is 0 Å². The fraction of sp³-hybridized carbons (Fsp3) is 0.600. The van der Waals surface area contributed by atoms with Crippen LogP contribution in [0.4, 0.5) is 0 Å². The molecular formula is C15H24N4O. The van der Waals surface area contributed by atoms with E-state index in [0.29, 0.717) is 25.2 Å². The predicted molar refractivity (Wildman–Crippen MR) is 79.1 cm³/mol. The highest BCUT2D eigenvalue weighted by molar-refractivity contribution is 5.76. The minimum absolute atomic E-state index is 0.0781. The van der Waals surface area contributed by atoms with Crippen molar-refractivity contribution < 1.29 is 4.79 Å². The summed E-state index contributed by atoms with van der Waals surface area (Å²) in [4.78, 5) is 11.6. The van der Waals surface area contributed by atoms with Crippen molar-refractivity contribution in [2.75, 3.05) is 6.54 Å². The molecule has 1 atom stereocenters. The summed E-state index contributed by atoms with van der Waals surface area (Å²) in [5.41, 5.74) is 2.85. The molecule has 0 radical (unpaired) electrons. The Hall–Kier alpha value is -1.80. The fourth-order valence-corrected chi connectivity index (χ4v) is 1.92. The summed E-state index contributed by atoms with van der Waals surface area (Å²) in [5.74, 6) is 0.0781. The molecule has 0 aromatic carbocycles. The van der Waals surface area contributed by atoms with Gasteiger partial charge in [0.15, 0.2) is 0 Å². The third-order valence-electron chi connectivity index (χ3n) is 3.62. The van der Waals surface area contributed by atoms with Crippen LogP contribution in [0.2, 0.25) is 0 Å². The third kappa shape index (κ3) is 4.39. The van der Waals surface area contributed by atoms with Crippen molar-refractivity contribution in [2.45, 2.75) is 46.2 Å². The van der Waals surface area contributed by atoms with Gasteiger partial charge in [0.25, 0.3) is 0 Å². The molecule has 5 heteroatoms. The summed E-state index contributed by atoms with van der Waals surface area (Å²) in [6.07, 6.45) is 1.42. The Bertz CT molecular complexity index is 499. The van der Waals surface area contributed by atoms with Gasteiger partial charge < -0.3 is 15.2 Å². The average Bonchev–Trinajstić information content (AvgIpc) is 2.71. The highest BCUT2D eigenvalue weighted by atomic mass is 16.1. The van der Waals surface area contributed by atoms with E-state index in [1.807, 2.05) is 38.5 Å². The summed E-state index contributed by atoms with van der Waals surface area (Å²) >= 11 is 0. The van der Waals surface area contributed by atoms with Gasteiger partial charge in [-0.1, -0.05) is 6.92 Å². The summed E-state index contributed by atoms with van der Waals surface area (Å²) in [6.45, 7) is 7.36. The first-order valence-electron chi connectivity index (χ1n) is 7.05. The van der Waals surface area contributed by atoms with Crippen LogP contribution in [-0.2, 0) is 18.4 Å². The standard InChI is InChI=1S/C15H24N4O/c1-5-11(2)18-15(20)6-7-17-10-13-8-14(9-16)19(4)12(13)3/h8,11,17H,5-7,10H2,1-4H3,(H,18,20). The predicted octanol–water partition coefficient (Wildman–Crippen LogP) is 1.60. The van der Waals surface area contributed by atoms with E-state index >= 15 is 0 Å². The number of hydrogen-bond acceptors (Lipinski definition) is 3. The molecule has 110 valence electrons. The molecule has 0 spiro atoms. The summed E-state index contributed by atoms with van der Waals surface area (Å²) in [6, 6.07) is 4.29. The van der Waals surface area contributed by atoms with E-state index in [9.17, 15) is 4.79 Å². The maximum absolute atomic E-state index is 11.6. The van der Waals surface area contributed by atoms with Gasteiger partial charge in [-0.25, -0.2) is 0 Å². The average molecular weight is 276 g/mol. The Morgan fingerprint density at radius 2 is 2.25 bits per heavy atom. The number of hydrogen-bond donors (Lipinski definition) is 2. The molecule has 0 aliphatic heterocycles. The molecule has 0 bridgehead atoms. The number of aromatic nitrogens is 1. The number of amides is 1. The van der Waals surface area contributed by atoms with E-state index in [4.69, 9.17) is 5.26 Å². The summed E-state index contributed by atoms with van der Waals surface area (Å²) < 4.78 is 1.88. The molecule has 1 amide bonds. The van der Waals surface area contributed by atoms with Crippen LogP contribution in [0.1, 0.15) is 43.6 Å². The van der Waals surface area contributed by atoms with Crippen LogP contribution in [-0.4, -0.2) is 23.1 Å². The minimum Gasteiger partial charge on any atom is -0.354 e. The molecule has 1 unspecified atom stereocenters. The van der Waals surface area contributed by atoms with Crippen molar-refractivity contribution in [3.8, 4) is 6.07 Å². The van der Waals surface area contributed by atoms with Crippen molar-refractivity contribution in [3.63, 3.8) is 0 Å². The molecule has 0 saturated carbocycles. The quantitative estimate of drug-likeness (QED) is 0.743. The van der Waals surface area contributed by atoms with Crippen LogP contribution in [0.25, 0.3) is 0 Å². The second-order valence-electron chi connectivity index (χ2n) is 5.11. The third-order valence-corrected chi connectivity index (χ3v) is 3.62. The molecule has 2 N–H and O–H groups in total. The minimum atomic E-state index is 0.0781. The molecule has 0 saturated heterocycles. The van der Waals surface area contributed by atoms with Crippen LogP contribution >= 0.6 is 0 Å². The lowest BCUT2D eigenvalue weighted by molar-refractivity contribution is -0.121. The monoisotopic (exact) mass is 276 g/mol. The number of nitrogens with one attached hydrogen (secondary N) is 2. The van der Waals surface area contributed by atoms with Crippen LogP contribution < -0.4 is 10.6 Å². The Morgan fingerprint density at radius 3 is 2.80 bits per heavy atom. The largest absolute Gasteiger partial charge is 0.354 e. The Kier molecular flexibility index (Phi) is 6.26. The SMILES string of the molecule is CCC(C)NC(=O)CCNCc1cc(C#N)n(C)c1C. The smallest absolute Gasteiger partial charge is 0.221 e. The maximum Gasteiger partial charge on any atom is 0.221 e. The second kappa shape index (κ2) is 7.71. The molecule has 0 aliphatic rings. The number of rotatable bonds is 7. The molecule has 0 aliphatic carbocycles. The molecule has 0 fully saturated rings. The molecular weight excluding hydrogens is 252 g/mol. The lowest BCUT2D eigenvalue weighted by Crippen LogP contribution is -2.33. The molecule has 1 aromatic rings. The molecule has 5 nitrogen and oxygen atoms in total. The fourth-order valence-electron chi connectivity index (χ4n) is 1.92. The van der Waals surface area contributed by atoms with Crippen molar-refractivity contribution >= 4 is 5.91 Å². The van der Waals surface area contributed by atoms with Crippen molar-refractivity contribution in [1.82, 2.24) is 15.2 Å². The summed E-state index contributed by atoms with van der Waals surface area (Å²) in [5, 5.41) is 15.1. The van der Waals surface area contributed by atoms with Crippen molar-refractivity contribution in [1.29, 1.82) is 5.26 Å². The first-order valence-corrected chi connectivity index (χ1v) is 7.05. The normalized spacial score (nSPS) is 11.9. The van der Waals surface area contributed by atoms with Crippen molar-refractivity contribution in [2.24, 2.45) is 7.05 Å². The van der Waals surface area contributed by atoms with Gasteiger partial charge in [0.05, 0.1) is 0 Å². The van der Waals surface area contributed by atoms with E-state index in [2.05, 4.69) is 16.7 Å². The zero-order chi connectivity index (χ0) is 15.1. The summed E-state index contributed by atoms with van der Waals surface area (Å²) in [7, 11) is 1.89. The number of carbonyl (C=O) groups excluding carboxylic acids is 1. The Labute approximate surface area is 121 Å². The van der Waals surface area contributed by atoms with E-state index in [0.717, 1.165) is 17.7 Å². The van der Waals surface area contributed by atoms with Gasteiger partial charge in [-0.2, -0.15) is 5.26 Å². The van der Waals surface area contributed by atoms with Crippen LogP contribution in [0.3, 0.4) is 0 Å². The second-order valence-corrected chi connectivity index (χ2v) is 5.11. The van der Waals surface area contributed by atoms with E-state index in [1.165, 1.54) is 0 Å². The first kappa shape index (κ1) is 16.3. The van der Waals surface area contributed by atoms with Crippen LogP contribution in [0, 0.1) is 18.3 Å². The highest BCUT2D eigenvalue weighted by Crippen LogP contribution is 2.12. The lowest BCUT2D eigenvalue weighted by Gasteiger charge is -2.11. The Balaban J connectivity index is 2.35. The number of nitriles is 1. The zero-order valence-electron chi connectivity index (χ0n) is 12.8. The topological polar surface area (TPSA) is 69.8 Å². The van der Waals surface area contributed by atoms with Gasteiger partial charge in [0.2, 0.25) is 5.91 Å². The Morgan fingerprint density at radius 1 is 1.55 bits per heavy atom. The van der Waals surface area contributed by atoms with Crippen LogP contribution in [0.15, 0.2) is 6.07 Å².